The predicted octanol–water partition coefficient (Wildman–Crippen LogP) is 3.45. The van der Waals surface area contributed by atoms with Crippen molar-refractivity contribution in [2.75, 3.05) is 13.7 Å². The van der Waals surface area contributed by atoms with Crippen LogP contribution in [-0.2, 0) is 5.60 Å². The van der Waals surface area contributed by atoms with Gasteiger partial charge in [-0.25, -0.2) is 0 Å². The van der Waals surface area contributed by atoms with E-state index < -0.39 is 5.60 Å². The van der Waals surface area contributed by atoms with Crippen molar-refractivity contribution in [3.05, 3.63) is 29.8 Å². The molecule has 3 heteroatoms. The molecule has 0 heterocycles. The van der Waals surface area contributed by atoms with Crippen molar-refractivity contribution in [2.24, 2.45) is 16.6 Å². The normalized spacial score (nSPS) is 23.3. The van der Waals surface area contributed by atoms with Crippen LogP contribution in [0.4, 0.5) is 0 Å². The summed E-state index contributed by atoms with van der Waals surface area (Å²) in [6.45, 7) is 6.99. The first kappa shape index (κ1) is 16.3. The molecule has 1 fully saturated rings. The molecule has 2 rings (SSSR count). The molecule has 1 aliphatic carbocycles. The van der Waals surface area contributed by atoms with Gasteiger partial charge in [-0.3, -0.25) is 0 Å². The van der Waals surface area contributed by atoms with Crippen molar-refractivity contribution in [2.45, 2.75) is 52.1 Å². The molecule has 118 valence electrons. The molecule has 21 heavy (non-hydrogen) atoms. The zero-order valence-electron chi connectivity index (χ0n) is 13.8. The van der Waals surface area contributed by atoms with Crippen LogP contribution in [0, 0.1) is 10.8 Å². The van der Waals surface area contributed by atoms with Crippen LogP contribution in [0.25, 0.3) is 0 Å². The molecule has 0 radical (unpaired) electrons. The molecule has 0 aliphatic heterocycles. The Labute approximate surface area is 128 Å². The fourth-order valence-corrected chi connectivity index (χ4v) is 3.63. The third-order valence-corrected chi connectivity index (χ3v) is 5.62. The Morgan fingerprint density at radius 2 is 1.76 bits per heavy atom. The summed E-state index contributed by atoms with van der Waals surface area (Å²) < 4.78 is 5.45. The van der Waals surface area contributed by atoms with Gasteiger partial charge >= 0.3 is 0 Å². The monoisotopic (exact) mass is 291 g/mol. The summed E-state index contributed by atoms with van der Waals surface area (Å²) in [4.78, 5) is 0. The van der Waals surface area contributed by atoms with E-state index in [2.05, 4.69) is 13.8 Å². The third kappa shape index (κ3) is 2.82. The van der Waals surface area contributed by atoms with Crippen molar-refractivity contribution in [3.63, 3.8) is 0 Å². The van der Waals surface area contributed by atoms with E-state index in [1.54, 1.807) is 7.11 Å². The number of aliphatic hydroxyl groups is 1. The average Bonchev–Trinajstić information content (AvgIpc) is 2.47. The van der Waals surface area contributed by atoms with Crippen LogP contribution in [-0.4, -0.2) is 18.8 Å². The first-order valence-electron chi connectivity index (χ1n) is 7.84. The molecule has 0 spiro atoms. The summed E-state index contributed by atoms with van der Waals surface area (Å²) in [5.41, 5.74) is 6.07. The Hall–Kier alpha value is -1.06. The number of hydrogen-bond donors (Lipinski definition) is 2. The highest BCUT2D eigenvalue weighted by Crippen LogP contribution is 2.54. The van der Waals surface area contributed by atoms with Gasteiger partial charge in [-0.15, -0.1) is 0 Å². The van der Waals surface area contributed by atoms with Gasteiger partial charge in [-0.1, -0.05) is 32.0 Å². The van der Waals surface area contributed by atoms with E-state index in [-0.39, 0.29) is 5.41 Å². The van der Waals surface area contributed by atoms with Crippen LogP contribution in [0.2, 0.25) is 0 Å². The molecule has 0 amide bonds. The van der Waals surface area contributed by atoms with Gasteiger partial charge < -0.3 is 15.6 Å². The Morgan fingerprint density at radius 1 is 1.19 bits per heavy atom. The lowest BCUT2D eigenvalue weighted by Crippen LogP contribution is -2.51. The Morgan fingerprint density at radius 3 is 2.29 bits per heavy atom. The van der Waals surface area contributed by atoms with E-state index in [9.17, 15) is 5.11 Å². The first-order valence-corrected chi connectivity index (χ1v) is 7.84. The van der Waals surface area contributed by atoms with Crippen molar-refractivity contribution in [1.82, 2.24) is 0 Å². The molecule has 1 aromatic carbocycles. The van der Waals surface area contributed by atoms with Gasteiger partial charge in [0.2, 0.25) is 0 Å². The molecule has 1 aromatic rings. The summed E-state index contributed by atoms with van der Waals surface area (Å²) in [6.07, 6.45) is 4.08. The summed E-state index contributed by atoms with van der Waals surface area (Å²) in [6, 6.07) is 7.73. The maximum absolute atomic E-state index is 11.4. The number of para-hydroxylation sites is 1. The number of benzene rings is 1. The van der Waals surface area contributed by atoms with Gasteiger partial charge in [0, 0.05) is 17.5 Å². The number of hydrogen-bond acceptors (Lipinski definition) is 3. The van der Waals surface area contributed by atoms with E-state index >= 15 is 0 Å². The quantitative estimate of drug-likeness (QED) is 0.893. The van der Waals surface area contributed by atoms with Crippen LogP contribution < -0.4 is 10.5 Å². The molecule has 3 N–H and O–H groups in total. The van der Waals surface area contributed by atoms with Gasteiger partial charge in [0.05, 0.1) is 12.7 Å². The molecule has 1 atom stereocenters. The van der Waals surface area contributed by atoms with E-state index in [0.29, 0.717) is 12.0 Å². The maximum Gasteiger partial charge on any atom is 0.124 e. The SMILES string of the molecule is COc1ccccc1C(C)(O)C1(CN)CCC(C)(C)CC1. The largest absolute Gasteiger partial charge is 0.496 e. The van der Waals surface area contributed by atoms with Crippen molar-refractivity contribution < 1.29 is 9.84 Å². The molecule has 1 aliphatic rings. The minimum absolute atomic E-state index is 0.281. The lowest BCUT2D eigenvalue weighted by molar-refractivity contribution is -0.106. The molecular weight excluding hydrogens is 262 g/mol. The van der Waals surface area contributed by atoms with Gasteiger partial charge in [0.15, 0.2) is 0 Å². The zero-order valence-corrected chi connectivity index (χ0v) is 13.8. The predicted molar refractivity (Wildman–Crippen MR) is 86.3 cm³/mol. The minimum Gasteiger partial charge on any atom is -0.496 e. The van der Waals surface area contributed by atoms with E-state index in [1.807, 2.05) is 31.2 Å². The molecule has 1 unspecified atom stereocenters. The lowest BCUT2D eigenvalue weighted by atomic mass is 9.57. The molecule has 0 bridgehead atoms. The molecular formula is C18H29NO2. The average molecular weight is 291 g/mol. The Balaban J connectivity index is 2.40. The highest BCUT2D eigenvalue weighted by atomic mass is 16.5. The van der Waals surface area contributed by atoms with Crippen LogP contribution in [0.15, 0.2) is 24.3 Å². The molecule has 1 saturated carbocycles. The minimum atomic E-state index is -0.981. The van der Waals surface area contributed by atoms with Gasteiger partial charge in [0.1, 0.15) is 5.75 Å². The molecule has 3 nitrogen and oxygen atoms in total. The summed E-state index contributed by atoms with van der Waals surface area (Å²) >= 11 is 0. The maximum atomic E-state index is 11.4. The van der Waals surface area contributed by atoms with Crippen molar-refractivity contribution in [3.8, 4) is 5.75 Å². The van der Waals surface area contributed by atoms with Crippen molar-refractivity contribution in [1.29, 1.82) is 0 Å². The van der Waals surface area contributed by atoms with E-state index in [0.717, 1.165) is 37.0 Å². The highest BCUT2D eigenvalue weighted by molar-refractivity contribution is 5.39. The van der Waals surface area contributed by atoms with Crippen LogP contribution in [0.3, 0.4) is 0 Å². The van der Waals surface area contributed by atoms with Crippen LogP contribution in [0.5, 0.6) is 5.75 Å². The van der Waals surface area contributed by atoms with Crippen LogP contribution >= 0.6 is 0 Å². The Kier molecular flexibility index (Phi) is 4.36. The fraction of sp³-hybridized carbons (Fsp3) is 0.667. The van der Waals surface area contributed by atoms with Gasteiger partial charge in [-0.2, -0.15) is 0 Å². The first-order chi connectivity index (χ1) is 9.78. The standard InChI is InChI=1S/C18H29NO2/c1-16(2)9-11-18(13-19,12-10-16)17(3,20)14-7-5-6-8-15(14)21-4/h5-8,20H,9-13,19H2,1-4H3. The summed E-state index contributed by atoms with van der Waals surface area (Å²) in [5, 5.41) is 11.4. The second kappa shape index (κ2) is 5.62. The zero-order chi connectivity index (χ0) is 15.7. The second-order valence-corrected chi connectivity index (χ2v) is 7.42. The second-order valence-electron chi connectivity index (χ2n) is 7.42. The van der Waals surface area contributed by atoms with Crippen LogP contribution in [0.1, 0.15) is 52.0 Å². The highest BCUT2D eigenvalue weighted by Gasteiger charge is 2.51. The summed E-state index contributed by atoms with van der Waals surface area (Å²) in [7, 11) is 1.65. The van der Waals surface area contributed by atoms with Crippen molar-refractivity contribution >= 4 is 0 Å². The van der Waals surface area contributed by atoms with Gasteiger partial charge in [-0.05, 0) is 44.1 Å². The number of nitrogens with two attached hydrogens (primary N) is 1. The Bertz CT molecular complexity index is 484. The number of methoxy groups -OCH3 is 1. The third-order valence-electron chi connectivity index (χ3n) is 5.62. The van der Waals surface area contributed by atoms with Gasteiger partial charge in [0.25, 0.3) is 0 Å². The molecule has 0 aromatic heterocycles. The topological polar surface area (TPSA) is 55.5 Å². The lowest BCUT2D eigenvalue weighted by Gasteiger charge is -2.51. The smallest absolute Gasteiger partial charge is 0.124 e. The fourth-order valence-electron chi connectivity index (χ4n) is 3.63. The summed E-state index contributed by atoms with van der Waals surface area (Å²) in [5.74, 6) is 0.736. The van der Waals surface area contributed by atoms with E-state index in [4.69, 9.17) is 10.5 Å². The number of rotatable bonds is 4. The van der Waals surface area contributed by atoms with E-state index in [1.165, 1.54) is 0 Å². The number of ether oxygens (including phenoxy) is 1. The molecule has 0 saturated heterocycles.